The summed E-state index contributed by atoms with van der Waals surface area (Å²) in [5.74, 6) is -1.01. The molecule has 0 N–H and O–H groups in total. The van der Waals surface area contributed by atoms with Crippen molar-refractivity contribution in [3.63, 3.8) is 0 Å². The second-order valence-electron chi connectivity index (χ2n) is 6.16. The largest absolute Gasteiger partial charge is 0.490 e. The van der Waals surface area contributed by atoms with Crippen LogP contribution in [0.5, 0.6) is 5.75 Å². The van der Waals surface area contributed by atoms with Gasteiger partial charge in [-0.2, -0.15) is 0 Å². The zero-order valence-electron chi connectivity index (χ0n) is 14.1. The van der Waals surface area contributed by atoms with Gasteiger partial charge >= 0.3 is 0 Å². The smallest absolute Gasteiger partial charge is 0.292 e. The van der Waals surface area contributed by atoms with Gasteiger partial charge in [0.05, 0.1) is 30.5 Å². The quantitative estimate of drug-likeness (QED) is 0.789. The molecule has 1 fully saturated rings. The average molecular weight is 394 g/mol. The molecule has 2 aromatic carbocycles. The highest BCUT2D eigenvalue weighted by molar-refractivity contribution is 6.35. The summed E-state index contributed by atoms with van der Waals surface area (Å²) in [6, 6.07) is 10.8. The Kier molecular flexibility index (Phi) is 4.57. The van der Waals surface area contributed by atoms with Crippen molar-refractivity contribution < 1.29 is 19.0 Å². The summed E-state index contributed by atoms with van der Waals surface area (Å²) in [4.78, 5) is 14.7. The molecule has 2 aromatic rings. The maximum absolute atomic E-state index is 13.1. The van der Waals surface area contributed by atoms with Gasteiger partial charge in [-0.3, -0.25) is 4.79 Å². The third-order valence-electron chi connectivity index (χ3n) is 4.55. The summed E-state index contributed by atoms with van der Waals surface area (Å²) >= 11 is 12.0. The Morgan fingerprint density at radius 2 is 1.96 bits per heavy atom. The Labute approximate surface area is 161 Å². The number of aryl methyl sites for hydroxylation is 1. The molecule has 0 aromatic heterocycles. The number of para-hydroxylation sites is 1. The van der Waals surface area contributed by atoms with Crippen LogP contribution in [0, 0.1) is 6.92 Å². The van der Waals surface area contributed by atoms with Crippen molar-refractivity contribution in [3.8, 4) is 5.75 Å². The fourth-order valence-electron chi connectivity index (χ4n) is 3.42. The number of halogens is 2. The summed E-state index contributed by atoms with van der Waals surface area (Å²) in [6.07, 6.45) is 0. The van der Waals surface area contributed by atoms with E-state index in [-0.39, 0.29) is 12.5 Å². The molecule has 0 bridgehead atoms. The van der Waals surface area contributed by atoms with E-state index < -0.39 is 5.79 Å². The lowest BCUT2D eigenvalue weighted by Gasteiger charge is -2.22. The van der Waals surface area contributed by atoms with Crippen molar-refractivity contribution in [2.45, 2.75) is 12.7 Å². The molecule has 7 heteroatoms. The number of rotatable bonds is 4. The molecule has 5 nitrogen and oxygen atoms in total. The maximum atomic E-state index is 13.1. The lowest BCUT2D eigenvalue weighted by Crippen LogP contribution is -2.42. The van der Waals surface area contributed by atoms with Gasteiger partial charge in [0, 0.05) is 10.6 Å². The van der Waals surface area contributed by atoms with E-state index in [1.807, 2.05) is 25.1 Å². The van der Waals surface area contributed by atoms with E-state index in [0.29, 0.717) is 35.6 Å². The second kappa shape index (κ2) is 6.74. The van der Waals surface area contributed by atoms with Crippen molar-refractivity contribution in [1.29, 1.82) is 0 Å². The fourth-order valence-corrected chi connectivity index (χ4v) is 3.88. The minimum atomic E-state index is -1.32. The van der Waals surface area contributed by atoms with E-state index in [2.05, 4.69) is 0 Å². The van der Waals surface area contributed by atoms with Gasteiger partial charge in [0.2, 0.25) is 0 Å². The summed E-state index contributed by atoms with van der Waals surface area (Å²) in [5.41, 5.74) is 2.56. The van der Waals surface area contributed by atoms with Crippen molar-refractivity contribution in [2.75, 3.05) is 31.3 Å². The number of ether oxygens (including phenoxy) is 3. The van der Waals surface area contributed by atoms with Gasteiger partial charge < -0.3 is 19.1 Å². The molecule has 4 rings (SSSR count). The molecule has 0 aliphatic carbocycles. The topological polar surface area (TPSA) is 48.0 Å². The number of benzene rings is 2. The van der Waals surface area contributed by atoms with Crippen LogP contribution in [0.2, 0.25) is 10.0 Å². The van der Waals surface area contributed by atoms with Crippen LogP contribution in [0.15, 0.2) is 36.4 Å². The van der Waals surface area contributed by atoms with Crippen LogP contribution in [-0.2, 0) is 20.1 Å². The Morgan fingerprint density at radius 3 is 2.69 bits per heavy atom. The number of carbonyl (C=O) groups is 1. The molecule has 0 unspecified atom stereocenters. The third kappa shape index (κ3) is 2.76. The average Bonchev–Trinajstić information content (AvgIpc) is 3.19. The second-order valence-corrected chi connectivity index (χ2v) is 7.01. The zero-order valence-corrected chi connectivity index (χ0v) is 15.6. The molecule has 2 aliphatic heterocycles. The predicted molar refractivity (Wildman–Crippen MR) is 99.1 cm³/mol. The van der Waals surface area contributed by atoms with Crippen LogP contribution in [0.4, 0.5) is 5.69 Å². The lowest BCUT2D eigenvalue weighted by molar-refractivity contribution is -0.180. The van der Waals surface area contributed by atoms with Gasteiger partial charge in [-0.15, -0.1) is 0 Å². The number of anilines is 1. The van der Waals surface area contributed by atoms with E-state index in [4.69, 9.17) is 37.4 Å². The Bertz CT molecular complexity index is 865. The normalized spacial score (nSPS) is 17.8. The Morgan fingerprint density at radius 1 is 1.19 bits per heavy atom. The van der Waals surface area contributed by atoms with Gasteiger partial charge in [-0.1, -0.05) is 41.4 Å². The van der Waals surface area contributed by atoms with E-state index in [1.165, 1.54) is 0 Å². The number of hydrogen-bond acceptors (Lipinski definition) is 4. The van der Waals surface area contributed by atoms with Crippen molar-refractivity contribution in [2.24, 2.45) is 0 Å². The molecular weight excluding hydrogens is 377 g/mol. The molecule has 1 saturated heterocycles. The van der Waals surface area contributed by atoms with Crippen molar-refractivity contribution in [1.82, 2.24) is 0 Å². The van der Waals surface area contributed by atoms with E-state index in [9.17, 15) is 4.79 Å². The van der Waals surface area contributed by atoms with Gasteiger partial charge in [0.15, 0.2) is 0 Å². The Hall–Kier alpha value is -1.79. The molecule has 1 spiro atoms. The predicted octanol–water partition coefficient (Wildman–Crippen LogP) is 3.93. The van der Waals surface area contributed by atoms with Crippen LogP contribution < -0.4 is 9.64 Å². The molecule has 136 valence electrons. The standard InChI is InChI=1S/C19H17Cl2NO4/c1-12-3-2-4-14-17(12)22(18(23)19(14)25-9-10-26-19)7-8-24-16-6-5-13(20)11-15(16)21/h2-6,11H,7-10H2,1H3. The highest BCUT2D eigenvalue weighted by atomic mass is 35.5. The number of hydrogen-bond donors (Lipinski definition) is 0. The van der Waals surface area contributed by atoms with Crippen LogP contribution in [-0.4, -0.2) is 32.3 Å². The molecular formula is C19H17Cl2NO4. The number of nitrogens with zero attached hydrogens (tertiary/aromatic N) is 1. The minimum absolute atomic E-state index is 0.217. The van der Waals surface area contributed by atoms with Crippen molar-refractivity contribution in [3.05, 3.63) is 57.6 Å². The summed E-state index contributed by atoms with van der Waals surface area (Å²) in [6.45, 7) is 3.37. The summed E-state index contributed by atoms with van der Waals surface area (Å²) < 4.78 is 17.2. The molecule has 0 radical (unpaired) electrons. The fraction of sp³-hybridized carbons (Fsp3) is 0.316. The van der Waals surface area contributed by atoms with Crippen LogP contribution >= 0.6 is 23.2 Å². The zero-order chi connectivity index (χ0) is 18.3. The highest BCUT2D eigenvalue weighted by Crippen LogP contribution is 2.46. The van der Waals surface area contributed by atoms with Crippen LogP contribution in [0.1, 0.15) is 11.1 Å². The molecule has 2 heterocycles. The van der Waals surface area contributed by atoms with Gasteiger partial charge in [0.1, 0.15) is 12.4 Å². The molecule has 0 atom stereocenters. The van der Waals surface area contributed by atoms with Crippen LogP contribution in [0.25, 0.3) is 0 Å². The SMILES string of the molecule is Cc1cccc2c1N(CCOc1ccc(Cl)cc1Cl)C(=O)C21OCCO1. The first-order valence-corrected chi connectivity index (χ1v) is 9.06. The Balaban J connectivity index is 1.56. The first-order valence-electron chi connectivity index (χ1n) is 8.31. The van der Waals surface area contributed by atoms with Gasteiger partial charge in [-0.25, -0.2) is 0 Å². The summed E-state index contributed by atoms with van der Waals surface area (Å²) in [5, 5.41) is 0.972. The number of fused-ring (bicyclic) bond motifs is 2. The minimum Gasteiger partial charge on any atom is -0.490 e. The molecule has 1 amide bonds. The molecule has 0 saturated carbocycles. The number of carbonyl (C=O) groups excluding carboxylic acids is 1. The van der Waals surface area contributed by atoms with Gasteiger partial charge in [-0.05, 0) is 30.7 Å². The van der Waals surface area contributed by atoms with E-state index in [0.717, 1.165) is 16.8 Å². The molecule has 26 heavy (non-hydrogen) atoms. The van der Waals surface area contributed by atoms with Gasteiger partial charge in [0.25, 0.3) is 11.7 Å². The maximum Gasteiger partial charge on any atom is 0.292 e. The summed E-state index contributed by atoms with van der Waals surface area (Å²) in [7, 11) is 0. The van der Waals surface area contributed by atoms with Crippen molar-refractivity contribution >= 4 is 34.8 Å². The number of amides is 1. The third-order valence-corrected chi connectivity index (χ3v) is 5.08. The van der Waals surface area contributed by atoms with Crippen LogP contribution in [0.3, 0.4) is 0 Å². The lowest BCUT2D eigenvalue weighted by atomic mass is 10.0. The highest BCUT2D eigenvalue weighted by Gasteiger charge is 2.56. The first-order chi connectivity index (χ1) is 12.5. The van der Waals surface area contributed by atoms with E-state index >= 15 is 0 Å². The van der Waals surface area contributed by atoms with E-state index in [1.54, 1.807) is 23.1 Å². The first kappa shape index (κ1) is 17.6. The monoisotopic (exact) mass is 393 g/mol. The molecule has 2 aliphatic rings.